The van der Waals surface area contributed by atoms with Gasteiger partial charge in [0.05, 0.1) is 11.0 Å². The summed E-state index contributed by atoms with van der Waals surface area (Å²) in [7, 11) is 1.93. The second-order valence-electron chi connectivity index (χ2n) is 7.07. The van der Waals surface area contributed by atoms with E-state index in [9.17, 15) is 4.79 Å². The number of aromatic nitrogens is 2. The number of benzene rings is 2. The number of carbonyl (C=O) groups is 1. The van der Waals surface area contributed by atoms with Crippen LogP contribution in [0.5, 0.6) is 0 Å². The minimum atomic E-state index is 0.132. The van der Waals surface area contributed by atoms with Crippen molar-refractivity contribution in [1.29, 1.82) is 0 Å². The second-order valence-corrected chi connectivity index (χ2v) is 7.07. The van der Waals surface area contributed by atoms with Gasteiger partial charge in [-0.25, -0.2) is 4.98 Å². The van der Waals surface area contributed by atoms with Crippen molar-refractivity contribution in [1.82, 2.24) is 9.55 Å². The third-order valence-corrected chi connectivity index (χ3v) is 5.15. The average molecular weight is 348 g/mol. The van der Waals surface area contributed by atoms with Crippen molar-refractivity contribution < 1.29 is 4.79 Å². The fraction of sp³-hybridized carbons (Fsp3) is 0.391. The van der Waals surface area contributed by atoms with E-state index in [1.54, 1.807) is 0 Å². The number of hydrogen-bond donors (Lipinski definition) is 0. The second kappa shape index (κ2) is 8.79. The number of fused-ring (bicyclic) bond motifs is 1. The summed E-state index contributed by atoms with van der Waals surface area (Å²) in [6.07, 6.45) is 6.48. The van der Waals surface area contributed by atoms with Gasteiger partial charge in [-0.3, -0.25) is 4.79 Å². The number of para-hydroxylation sites is 2. The molecule has 0 fully saturated rings. The predicted octanol–water partition coefficient (Wildman–Crippen LogP) is 5.90. The van der Waals surface area contributed by atoms with Crippen LogP contribution >= 0.6 is 0 Å². The standard InChI is InChI=1S/C23H28N2O/c1-3-4-5-7-14-19(18-12-8-6-9-13-18)17-22(26)23-24-20-15-10-11-16-21(20)25(23)2/h6,8-13,15-16,19H,3-5,7,14,17H2,1-2H3. The molecule has 0 N–H and O–H groups in total. The van der Waals surface area contributed by atoms with Gasteiger partial charge in [-0.05, 0) is 30.0 Å². The fourth-order valence-electron chi connectivity index (χ4n) is 3.64. The normalized spacial score (nSPS) is 12.4. The molecule has 0 saturated heterocycles. The first-order valence-electron chi connectivity index (χ1n) is 9.70. The van der Waals surface area contributed by atoms with Crippen LogP contribution in [0.2, 0.25) is 0 Å². The van der Waals surface area contributed by atoms with Crippen LogP contribution in [0.4, 0.5) is 0 Å². The maximum Gasteiger partial charge on any atom is 0.198 e. The maximum absolute atomic E-state index is 13.0. The smallest absolute Gasteiger partial charge is 0.198 e. The van der Waals surface area contributed by atoms with Crippen molar-refractivity contribution in [3.63, 3.8) is 0 Å². The molecule has 2 aromatic carbocycles. The highest BCUT2D eigenvalue weighted by Gasteiger charge is 2.21. The fourth-order valence-corrected chi connectivity index (χ4v) is 3.64. The van der Waals surface area contributed by atoms with Gasteiger partial charge in [0.2, 0.25) is 0 Å². The topological polar surface area (TPSA) is 34.9 Å². The Morgan fingerprint density at radius 1 is 1.00 bits per heavy atom. The summed E-state index contributed by atoms with van der Waals surface area (Å²) in [6.45, 7) is 2.23. The van der Waals surface area contributed by atoms with Crippen LogP contribution < -0.4 is 0 Å². The first-order valence-corrected chi connectivity index (χ1v) is 9.70. The highest BCUT2D eigenvalue weighted by atomic mass is 16.1. The van der Waals surface area contributed by atoms with Gasteiger partial charge in [-0.1, -0.05) is 75.1 Å². The molecule has 3 heteroatoms. The van der Waals surface area contributed by atoms with Gasteiger partial charge < -0.3 is 4.57 Å². The Bertz CT molecular complexity index is 851. The number of imidazole rings is 1. The van der Waals surface area contributed by atoms with Gasteiger partial charge in [-0.15, -0.1) is 0 Å². The molecule has 0 aliphatic carbocycles. The van der Waals surface area contributed by atoms with Crippen LogP contribution in [-0.4, -0.2) is 15.3 Å². The summed E-state index contributed by atoms with van der Waals surface area (Å²) >= 11 is 0. The van der Waals surface area contributed by atoms with Gasteiger partial charge in [-0.2, -0.15) is 0 Å². The largest absolute Gasteiger partial charge is 0.325 e. The molecule has 1 atom stereocenters. The van der Waals surface area contributed by atoms with Crippen molar-refractivity contribution in [3.05, 3.63) is 66.0 Å². The molecule has 0 bridgehead atoms. The van der Waals surface area contributed by atoms with E-state index in [0.717, 1.165) is 17.5 Å². The Kier molecular flexibility index (Phi) is 6.21. The molecule has 0 amide bonds. The van der Waals surface area contributed by atoms with E-state index < -0.39 is 0 Å². The van der Waals surface area contributed by atoms with E-state index in [-0.39, 0.29) is 11.7 Å². The Labute approximate surface area is 156 Å². The van der Waals surface area contributed by atoms with Crippen LogP contribution in [0.1, 0.15) is 67.5 Å². The summed E-state index contributed by atoms with van der Waals surface area (Å²) in [5.74, 6) is 0.967. The van der Waals surface area contributed by atoms with E-state index in [0.29, 0.717) is 12.2 Å². The third kappa shape index (κ3) is 4.21. The van der Waals surface area contributed by atoms with E-state index in [1.165, 1.54) is 31.2 Å². The molecular formula is C23H28N2O. The van der Waals surface area contributed by atoms with E-state index >= 15 is 0 Å². The van der Waals surface area contributed by atoms with Crippen LogP contribution in [0.25, 0.3) is 11.0 Å². The summed E-state index contributed by atoms with van der Waals surface area (Å²) in [5, 5.41) is 0. The van der Waals surface area contributed by atoms with E-state index in [1.807, 2.05) is 41.9 Å². The van der Waals surface area contributed by atoms with Crippen molar-refractivity contribution in [2.45, 2.75) is 51.4 Å². The molecule has 3 nitrogen and oxygen atoms in total. The molecule has 3 aromatic rings. The lowest BCUT2D eigenvalue weighted by molar-refractivity contribution is 0.0959. The number of rotatable bonds is 9. The lowest BCUT2D eigenvalue weighted by atomic mass is 9.88. The molecule has 26 heavy (non-hydrogen) atoms. The quantitative estimate of drug-likeness (QED) is 0.356. The zero-order valence-electron chi connectivity index (χ0n) is 15.8. The molecule has 1 unspecified atom stereocenters. The zero-order chi connectivity index (χ0) is 18.4. The van der Waals surface area contributed by atoms with Gasteiger partial charge in [0.1, 0.15) is 0 Å². The van der Waals surface area contributed by atoms with Crippen LogP contribution in [0, 0.1) is 0 Å². The van der Waals surface area contributed by atoms with Gasteiger partial charge in [0.25, 0.3) is 0 Å². The molecule has 0 aliphatic heterocycles. The van der Waals surface area contributed by atoms with E-state index in [2.05, 4.69) is 36.2 Å². The average Bonchev–Trinajstić information content (AvgIpc) is 3.02. The maximum atomic E-state index is 13.0. The van der Waals surface area contributed by atoms with Crippen molar-refractivity contribution in [2.75, 3.05) is 0 Å². The molecule has 3 rings (SSSR count). The lowest BCUT2D eigenvalue weighted by Gasteiger charge is -2.16. The number of ketones is 1. The van der Waals surface area contributed by atoms with Crippen molar-refractivity contribution in [2.24, 2.45) is 7.05 Å². The van der Waals surface area contributed by atoms with Crippen LogP contribution in [0.3, 0.4) is 0 Å². The molecule has 1 heterocycles. The molecule has 136 valence electrons. The van der Waals surface area contributed by atoms with Crippen LogP contribution in [0.15, 0.2) is 54.6 Å². The van der Waals surface area contributed by atoms with Gasteiger partial charge >= 0.3 is 0 Å². The van der Waals surface area contributed by atoms with Crippen LogP contribution in [-0.2, 0) is 7.05 Å². The Balaban J connectivity index is 1.78. The minimum absolute atomic E-state index is 0.132. The highest BCUT2D eigenvalue weighted by Crippen LogP contribution is 2.28. The van der Waals surface area contributed by atoms with E-state index in [4.69, 9.17) is 0 Å². The molecule has 0 spiro atoms. The Morgan fingerprint density at radius 3 is 2.46 bits per heavy atom. The molecule has 0 radical (unpaired) electrons. The Hall–Kier alpha value is -2.42. The molecule has 0 saturated carbocycles. The predicted molar refractivity (Wildman–Crippen MR) is 108 cm³/mol. The summed E-state index contributed by atoms with van der Waals surface area (Å²) < 4.78 is 1.93. The first kappa shape index (κ1) is 18.4. The molecular weight excluding hydrogens is 320 g/mol. The number of aryl methyl sites for hydroxylation is 1. The van der Waals surface area contributed by atoms with Crippen molar-refractivity contribution >= 4 is 16.8 Å². The third-order valence-electron chi connectivity index (χ3n) is 5.15. The number of nitrogens with zero attached hydrogens (tertiary/aromatic N) is 2. The number of Topliss-reactive ketones (excluding diaryl/α,β-unsaturated/α-hetero) is 1. The number of carbonyl (C=O) groups excluding carboxylic acids is 1. The number of hydrogen-bond acceptors (Lipinski definition) is 2. The monoisotopic (exact) mass is 348 g/mol. The molecule has 1 aromatic heterocycles. The summed E-state index contributed by atoms with van der Waals surface area (Å²) in [5.41, 5.74) is 3.16. The lowest BCUT2D eigenvalue weighted by Crippen LogP contribution is -2.12. The summed E-state index contributed by atoms with van der Waals surface area (Å²) in [6, 6.07) is 18.4. The zero-order valence-corrected chi connectivity index (χ0v) is 15.8. The number of unbranched alkanes of at least 4 members (excludes halogenated alkanes) is 3. The Morgan fingerprint density at radius 2 is 1.73 bits per heavy atom. The van der Waals surface area contributed by atoms with Gasteiger partial charge in [0.15, 0.2) is 11.6 Å². The van der Waals surface area contributed by atoms with Gasteiger partial charge in [0, 0.05) is 13.5 Å². The van der Waals surface area contributed by atoms with Crippen molar-refractivity contribution in [3.8, 4) is 0 Å². The molecule has 0 aliphatic rings. The minimum Gasteiger partial charge on any atom is -0.325 e. The highest BCUT2D eigenvalue weighted by molar-refractivity contribution is 5.96. The SMILES string of the molecule is CCCCCCC(CC(=O)c1nc2ccccc2n1C)c1ccccc1. The summed E-state index contributed by atoms with van der Waals surface area (Å²) in [4.78, 5) is 17.6. The first-order chi connectivity index (χ1) is 12.7.